The molecular formula is C14H20O4S. The zero-order valence-electron chi connectivity index (χ0n) is 11.3. The van der Waals surface area contributed by atoms with E-state index in [1.54, 1.807) is 24.3 Å². The molecular weight excluding hydrogens is 264 g/mol. The Hall–Kier alpha value is -0.910. The third-order valence-corrected chi connectivity index (χ3v) is 5.18. The highest BCUT2D eigenvalue weighted by atomic mass is 32.2. The van der Waals surface area contributed by atoms with Gasteiger partial charge in [0.1, 0.15) is 0 Å². The highest BCUT2D eigenvalue weighted by Gasteiger charge is 2.33. The van der Waals surface area contributed by atoms with Gasteiger partial charge in [0.05, 0.1) is 23.9 Å². The Labute approximate surface area is 114 Å². The molecule has 1 fully saturated rings. The first-order valence-corrected chi connectivity index (χ1v) is 8.17. The summed E-state index contributed by atoms with van der Waals surface area (Å²) in [4.78, 5) is 0.360. The minimum absolute atomic E-state index is 0.0549. The Morgan fingerprint density at radius 2 is 1.74 bits per heavy atom. The molecule has 1 aliphatic heterocycles. The summed E-state index contributed by atoms with van der Waals surface area (Å²) in [6, 6.07) is 8.54. The maximum atomic E-state index is 12.4. The lowest BCUT2D eigenvalue weighted by atomic mass is 9.97. The summed E-state index contributed by atoms with van der Waals surface area (Å²) in [5.74, 6) is 0.0913. The van der Waals surface area contributed by atoms with Crippen LogP contribution in [0.4, 0.5) is 0 Å². The van der Waals surface area contributed by atoms with E-state index in [4.69, 9.17) is 9.47 Å². The van der Waals surface area contributed by atoms with Crippen molar-refractivity contribution in [2.24, 2.45) is 11.8 Å². The van der Waals surface area contributed by atoms with Crippen LogP contribution < -0.4 is 0 Å². The average molecular weight is 284 g/mol. The molecule has 1 aliphatic rings. The van der Waals surface area contributed by atoms with E-state index in [2.05, 4.69) is 0 Å². The Kier molecular flexibility index (Phi) is 4.60. The standard InChI is InChI=1S/C14H20O4S/c1-11(2)13(14-17-8-9-18-14)10-19(15,16)12-6-4-3-5-7-12/h3-7,11,13-14H,8-10H2,1-2H3/t13-/m1/s1. The largest absolute Gasteiger partial charge is 0.350 e. The van der Waals surface area contributed by atoms with Crippen LogP contribution in [0.1, 0.15) is 13.8 Å². The van der Waals surface area contributed by atoms with E-state index in [1.807, 2.05) is 19.9 Å². The molecule has 2 rings (SSSR count). The van der Waals surface area contributed by atoms with Crippen molar-refractivity contribution in [3.05, 3.63) is 30.3 Å². The predicted molar refractivity (Wildman–Crippen MR) is 72.5 cm³/mol. The molecule has 19 heavy (non-hydrogen) atoms. The Morgan fingerprint density at radius 3 is 2.26 bits per heavy atom. The van der Waals surface area contributed by atoms with E-state index in [1.165, 1.54) is 0 Å². The predicted octanol–water partition coefficient (Wildman–Crippen LogP) is 2.11. The maximum Gasteiger partial charge on any atom is 0.178 e. The van der Waals surface area contributed by atoms with Crippen molar-refractivity contribution in [3.63, 3.8) is 0 Å². The van der Waals surface area contributed by atoms with Crippen LogP contribution in [-0.4, -0.2) is 33.7 Å². The van der Waals surface area contributed by atoms with Crippen molar-refractivity contribution in [2.45, 2.75) is 25.0 Å². The number of sulfone groups is 1. The Balaban J connectivity index is 2.17. The molecule has 0 aliphatic carbocycles. The van der Waals surface area contributed by atoms with Gasteiger partial charge in [-0.3, -0.25) is 0 Å². The van der Waals surface area contributed by atoms with Gasteiger partial charge < -0.3 is 9.47 Å². The van der Waals surface area contributed by atoms with E-state index in [0.29, 0.717) is 18.1 Å². The molecule has 0 bridgehead atoms. The zero-order chi connectivity index (χ0) is 13.9. The van der Waals surface area contributed by atoms with Gasteiger partial charge >= 0.3 is 0 Å². The Morgan fingerprint density at radius 1 is 1.16 bits per heavy atom. The van der Waals surface area contributed by atoms with Crippen LogP contribution in [-0.2, 0) is 19.3 Å². The maximum absolute atomic E-state index is 12.4. The van der Waals surface area contributed by atoms with E-state index in [9.17, 15) is 8.42 Å². The number of hydrogen-bond acceptors (Lipinski definition) is 4. The molecule has 1 heterocycles. The molecule has 4 nitrogen and oxygen atoms in total. The van der Waals surface area contributed by atoms with Gasteiger partial charge in [-0.2, -0.15) is 0 Å². The highest BCUT2D eigenvalue weighted by molar-refractivity contribution is 7.91. The van der Waals surface area contributed by atoms with E-state index < -0.39 is 16.1 Å². The second kappa shape index (κ2) is 6.03. The number of hydrogen-bond donors (Lipinski definition) is 0. The topological polar surface area (TPSA) is 52.6 Å². The second-order valence-corrected chi connectivity index (χ2v) is 7.15. The van der Waals surface area contributed by atoms with Crippen molar-refractivity contribution < 1.29 is 17.9 Å². The summed E-state index contributed by atoms with van der Waals surface area (Å²) in [5.41, 5.74) is 0. The lowest BCUT2D eigenvalue weighted by Crippen LogP contribution is -2.32. The summed E-state index contributed by atoms with van der Waals surface area (Å²) in [7, 11) is -3.30. The normalized spacial score (nSPS) is 18.9. The minimum Gasteiger partial charge on any atom is -0.350 e. The number of benzene rings is 1. The summed E-state index contributed by atoms with van der Waals surface area (Å²) < 4.78 is 35.7. The van der Waals surface area contributed by atoms with Gasteiger partial charge in [-0.1, -0.05) is 32.0 Å². The summed E-state index contributed by atoms with van der Waals surface area (Å²) in [5, 5.41) is 0. The molecule has 0 N–H and O–H groups in total. The van der Waals surface area contributed by atoms with Gasteiger partial charge in [0.25, 0.3) is 0 Å². The Bertz CT molecular complexity index is 489. The van der Waals surface area contributed by atoms with E-state index >= 15 is 0 Å². The minimum atomic E-state index is -3.30. The number of ether oxygens (including phenoxy) is 2. The fourth-order valence-electron chi connectivity index (χ4n) is 2.19. The molecule has 106 valence electrons. The monoisotopic (exact) mass is 284 g/mol. The third kappa shape index (κ3) is 3.55. The van der Waals surface area contributed by atoms with Crippen LogP contribution in [0.25, 0.3) is 0 Å². The highest BCUT2D eigenvalue weighted by Crippen LogP contribution is 2.26. The fourth-order valence-corrected chi connectivity index (χ4v) is 4.00. The van der Waals surface area contributed by atoms with E-state index in [-0.39, 0.29) is 17.6 Å². The first kappa shape index (κ1) is 14.5. The van der Waals surface area contributed by atoms with Crippen molar-refractivity contribution in [2.75, 3.05) is 19.0 Å². The molecule has 1 saturated heterocycles. The summed E-state index contributed by atoms with van der Waals surface area (Å²) in [6.45, 7) is 5.07. The van der Waals surface area contributed by atoms with Gasteiger partial charge in [-0.05, 0) is 18.1 Å². The van der Waals surface area contributed by atoms with Gasteiger partial charge in [0.2, 0.25) is 0 Å². The molecule has 1 atom stereocenters. The SMILES string of the molecule is CC(C)[C@@H](CS(=O)(=O)c1ccccc1)C1OCCO1. The van der Waals surface area contributed by atoms with Crippen molar-refractivity contribution in [1.29, 1.82) is 0 Å². The van der Waals surface area contributed by atoms with E-state index in [0.717, 1.165) is 0 Å². The summed E-state index contributed by atoms with van der Waals surface area (Å²) >= 11 is 0. The first-order valence-electron chi connectivity index (χ1n) is 6.52. The second-order valence-electron chi connectivity index (χ2n) is 5.11. The summed E-state index contributed by atoms with van der Waals surface area (Å²) in [6.07, 6.45) is -0.404. The number of rotatable bonds is 5. The first-order chi connectivity index (χ1) is 9.00. The molecule has 1 aromatic carbocycles. The van der Waals surface area contributed by atoms with Crippen LogP contribution in [0, 0.1) is 11.8 Å². The molecule has 0 amide bonds. The van der Waals surface area contributed by atoms with Gasteiger partial charge in [-0.15, -0.1) is 0 Å². The van der Waals surface area contributed by atoms with Crippen LogP contribution >= 0.6 is 0 Å². The van der Waals surface area contributed by atoms with Crippen LogP contribution in [0.5, 0.6) is 0 Å². The molecule has 0 aromatic heterocycles. The van der Waals surface area contributed by atoms with Gasteiger partial charge in [0.15, 0.2) is 16.1 Å². The van der Waals surface area contributed by atoms with Crippen LogP contribution in [0.2, 0.25) is 0 Å². The molecule has 1 aromatic rings. The van der Waals surface area contributed by atoms with Crippen molar-refractivity contribution in [3.8, 4) is 0 Å². The zero-order valence-corrected chi connectivity index (χ0v) is 12.1. The van der Waals surface area contributed by atoms with Crippen molar-refractivity contribution >= 4 is 9.84 Å². The van der Waals surface area contributed by atoms with Gasteiger partial charge in [0, 0.05) is 5.92 Å². The quantitative estimate of drug-likeness (QED) is 0.831. The lowest BCUT2D eigenvalue weighted by Gasteiger charge is -2.25. The molecule has 0 radical (unpaired) electrons. The molecule has 0 spiro atoms. The van der Waals surface area contributed by atoms with Crippen LogP contribution in [0.3, 0.4) is 0 Å². The fraction of sp³-hybridized carbons (Fsp3) is 0.571. The third-order valence-electron chi connectivity index (χ3n) is 3.37. The average Bonchev–Trinajstić information content (AvgIpc) is 2.90. The smallest absolute Gasteiger partial charge is 0.178 e. The molecule has 5 heteroatoms. The lowest BCUT2D eigenvalue weighted by molar-refractivity contribution is -0.0887. The van der Waals surface area contributed by atoms with Crippen LogP contribution in [0.15, 0.2) is 35.2 Å². The van der Waals surface area contributed by atoms with Gasteiger partial charge in [-0.25, -0.2) is 8.42 Å². The van der Waals surface area contributed by atoms with Crippen molar-refractivity contribution in [1.82, 2.24) is 0 Å². The molecule has 0 saturated carbocycles. The molecule has 0 unspecified atom stereocenters.